The monoisotopic (exact) mass is 168 g/mol. The maximum atomic E-state index is 11.1. The zero-order valence-corrected chi connectivity index (χ0v) is 6.73. The SMILES string of the molecule is NCc1ccc(=O)n(CCO)c1. The summed E-state index contributed by atoms with van der Waals surface area (Å²) in [5.41, 5.74) is 6.17. The molecule has 1 aromatic rings. The van der Waals surface area contributed by atoms with Crippen molar-refractivity contribution in [2.45, 2.75) is 13.1 Å². The van der Waals surface area contributed by atoms with Crippen LogP contribution in [0.2, 0.25) is 0 Å². The second-order valence-electron chi connectivity index (χ2n) is 2.50. The van der Waals surface area contributed by atoms with Crippen molar-refractivity contribution in [2.75, 3.05) is 6.61 Å². The average molecular weight is 168 g/mol. The van der Waals surface area contributed by atoms with Crippen LogP contribution in [0.15, 0.2) is 23.1 Å². The van der Waals surface area contributed by atoms with Crippen LogP contribution in [-0.4, -0.2) is 16.3 Å². The van der Waals surface area contributed by atoms with Crippen LogP contribution in [0.3, 0.4) is 0 Å². The van der Waals surface area contributed by atoms with Crippen molar-refractivity contribution < 1.29 is 5.11 Å². The van der Waals surface area contributed by atoms with Crippen LogP contribution in [0.4, 0.5) is 0 Å². The highest BCUT2D eigenvalue weighted by Crippen LogP contribution is 1.92. The maximum absolute atomic E-state index is 11.1. The number of pyridine rings is 1. The van der Waals surface area contributed by atoms with Gasteiger partial charge >= 0.3 is 0 Å². The van der Waals surface area contributed by atoms with Crippen molar-refractivity contribution >= 4 is 0 Å². The van der Waals surface area contributed by atoms with Gasteiger partial charge in [0.1, 0.15) is 0 Å². The Bertz CT molecular complexity index is 306. The summed E-state index contributed by atoms with van der Waals surface area (Å²) in [6.07, 6.45) is 1.67. The Balaban J connectivity index is 3.00. The maximum Gasteiger partial charge on any atom is 0.250 e. The predicted molar refractivity (Wildman–Crippen MR) is 45.7 cm³/mol. The van der Waals surface area contributed by atoms with E-state index in [1.807, 2.05) is 0 Å². The summed E-state index contributed by atoms with van der Waals surface area (Å²) in [6.45, 7) is 0.701. The molecule has 1 heterocycles. The second-order valence-corrected chi connectivity index (χ2v) is 2.50. The van der Waals surface area contributed by atoms with Crippen LogP contribution in [0.25, 0.3) is 0 Å². The topological polar surface area (TPSA) is 68.2 Å². The van der Waals surface area contributed by atoms with Crippen LogP contribution in [-0.2, 0) is 13.1 Å². The molecule has 0 spiro atoms. The van der Waals surface area contributed by atoms with Gasteiger partial charge in [-0.05, 0) is 5.56 Å². The molecule has 0 radical (unpaired) electrons. The average Bonchev–Trinajstić information content (AvgIpc) is 2.09. The van der Waals surface area contributed by atoms with E-state index in [0.717, 1.165) is 5.56 Å². The highest BCUT2D eigenvalue weighted by molar-refractivity contribution is 5.09. The van der Waals surface area contributed by atoms with E-state index >= 15 is 0 Å². The molecule has 0 bridgehead atoms. The third-order valence-electron chi connectivity index (χ3n) is 1.62. The molecule has 0 aliphatic carbocycles. The van der Waals surface area contributed by atoms with E-state index in [1.54, 1.807) is 12.3 Å². The molecular formula is C8H12N2O2. The van der Waals surface area contributed by atoms with E-state index in [2.05, 4.69) is 0 Å². The third kappa shape index (κ3) is 1.93. The molecule has 12 heavy (non-hydrogen) atoms. The van der Waals surface area contributed by atoms with Crippen molar-refractivity contribution in [3.8, 4) is 0 Å². The molecule has 4 nitrogen and oxygen atoms in total. The van der Waals surface area contributed by atoms with Gasteiger partial charge in [0.2, 0.25) is 0 Å². The van der Waals surface area contributed by atoms with Gasteiger partial charge in [-0.25, -0.2) is 0 Å². The lowest BCUT2D eigenvalue weighted by atomic mass is 10.3. The van der Waals surface area contributed by atoms with E-state index in [4.69, 9.17) is 10.8 Å². The number of nitrogens with zero attached hydrogens (tertiary/aromatic N) is 1. The molecule has 66 valence electrons. The number of hydrogen-bond acceptors (Lipinski definition) is 3. The summed E-state index contributed by atoms with van der Waals surface area (Å²) < 4.78 is 1.45. The molecule has 3 N–H and O–H groups in total. The Morgan fingerprint density at radius 2 is 2.25 bits per heavy atom. The minimum Gasteiger partial charge on any atom is -0.395 e. The van der Waals surface area contributed by atoms with Gasteiger partial charge < -0.3 is 15.4 Å². The van der Waals surface area contributed by atoms with Gasteiger partial charge in [0.15, 0.2) is 0 Å². The molecule has 0 aromatic carbocycles. The van der Waals surface area contributed by atoms with E-state index in [0.29, 0.717) is 13.1 Å². The molecule has 1 rings (SSSR count). The molecule has 0 aliphatic heterocycles. The molecule has 0 aliphatic rings. The fraction of sp³-hybridized carbons (Fsp3) is 0.375. The number of hydrogen-bond donors (Lipinski definition) is 2. The number of aliphatic hydroxyl groups is 1. The van der Waals surface area contributed by atoms with Crippen molar-refractivity contribution in [1.29, 1.82) is 0 Å². The lowest BCUT2D eigenvalue weighted by molar-refractivity contribution is 0.274. The van der Waals surface area contributed by atoms with E-state index < -0.39 is 0 Å². The van der Waals surface area contributed by atoms with Gasteiger partial charge in [0.25, 0.3) is 5.56 Å². The standard InChI is InChI=1S/C8H12N2O2/c9-5-7-1-2-8(12)10(6-7)3-4-11/h1-2,6,11H,3-5,9H2. The highest BCUT2D eigenvalue weighted by atomic mass is 16.3. The highest BCUT2D eigenvalue weighted by Gasteiger charge is 1.95. The first kappa shape index (κ1) is 8.96. The normalized spacial score (nSPS) is 10.2. The van der Waals surface area contributed by atoms with Crippen LogP contribution in [0.1, 0.15) is 5.56 Å². The van der Waals surface area contributed by atoms with Gasteiger partial charge in [0, 0.05) is 25.4 Å². The molecule has 0 saturated carbocycles. The largest absolute Gasteiger partial charge is 0.395 e. The fourth-order valence-corrected chi connectivity index (χ4v) is 0.984. The van der Waals surface area contributed by atoms with Crippen molar-refractivity contribution in [3.05, 3.63) is 34.2 Å². The smallest absolute Gasteiger partial charge is 0.250 e. The predicted octanol–water partition coefficient (Wildman–Crippen LogP) is -0.701. The molecule has 0 atom stereocenters. The van der Waals surface area contributed by atoms with Gasteiger partial charge in [-0.2, -0.15) is 0 Å². The Hall–Kier alpha value is -1.13. The van der Waals surface area contributed by atoms with Crippen molar-refractivity contribution in [3.63, 3.8) is 0 Å². The third-order valence-corrected chi connectivity index (χ3v) is 1.62. The van der Waals surface area contributed by atoms with Gasteiger partial charge in [0.05, 0.1) is 6.61 Å². The quantitative estimate of drug-likeness (QED) is 0.627. The summed E-state index contributed by atoms with van der Waals surface area (Å²) in [6, 6.07) is 3.15. The molecule has 0 amide bonds. The minimum atomic E-state index is -0.110. The van der Waals surface area contributed by atoms with Crippen LogP contribution < -0.4 is 11.3 Å². The molecule has 0 fully saturated rings. The minimum absolute atomic E-state index is 0.0338. The molecule has 0 saturated heterocycles. The fourth-order valence-electron chi connectivity index (χ4n) is 0.984. The second kappa shape index (κ2) is 4.04. The van der Waals surface area contributed by atoms with Crippen molar-refractivity contribution in [2.24, 2.45) is 5.73 Å². The summed E-state index contributed by atoms with van der Waals surface area (Å²) in [4.78, 5) is 11.1. The number of rotatable bonds is 3. The zero-order valence-electron chi connectivity index (χ0n) is 6.73. The van der Waals surface area contributed by atoms with Crippen LogP contribution in [0, 0.1) is 0 Å². The zero-order chi connectivity index (χ0) is 8.97. The Morgan fingerprint density at radius 1 is 1.50 bits per heavy atom. The van der Waals surface area contributed by atoms with E-state index in [-0.39, 0.29) is 12.2 Å². The van der Waals surface area contributed by atoms with Gasteiger partial charge in [-0.15, -0.1) is 0 Å². The Kier molecular flexibility index (Phi) is 3.01. The van der Waals surface area contributed by atoms with Crippen LogP contribution in [0.5, 0.6) is 0 Å². The lowest BCUT2D eigenvalue weighted by Crippen LogP contribution is -2.21. The van der Waals surface area contributed by atoms with Crippen molar-refractivity contribution in [1.82, 2.24) is 4.57 Å². The first-order valence-electron chi connectivity index (χ1n) is 3.78. The lowest BCUT2D eigenvalue weighted by Gasteiger charge is -2.04. The summed E-state index contributed by atoms with van der Waals surface area (Å²) in [5, 5.41) is 8.62. The summed E-state index contributed by atoms with van der Waals surface area (Å²) >= 11 is 0. The first-order valence-corrected chi connectivity index (χ1v) is 3.78. The molecule has 0 unspecified atom stereocenters. The van der Waals surface area contributed by atoms with E-state index in [1.165, 1.54) is 10.6 Å². The Morgan fingerprint density at radius 3 is 2.83 bits per heavy atom. The first-order chi connectivity index (χ1) is 5.77. The molecule has 4 heteroatoms. The van der Waals surface area contributed by atoms with E-state index in [9.17, 15) is 4.79 Å². The number of aliphatic hydroxyl groups excluding tert-OH is 1. The number of nitrogens with two attached hydrogens (primary N) is 1. The molecular weight excluding hydrogens is 156 g/mol. The summed E-state index contributed by atoms with van der Waals surface area (Å²) in [7, 11) is 0. The Labute approximate surface area is 70.3 Å². The summed E-state index contributed by atoms with van der Waals surface area (Å²) in [5.74, 6) is 0. The van der Waals surface area contributed by atoms with Crippen LogP contribution >= 0.6 is 0 Å². The number of aromatic nitrogens is 1. The van der Waals surface area contributed by atoms with Gasteiger partial charge in [-0.1, -0.05) is 6.07 Å². The van der Waals surface area contributed by atoms with Gasteiger partial charge in [-0.3, -0.25) is 4.79 Å². The molecule has 1 aromatic heterocycles.